The maximum absolute atomic E-state index is 13.2. The minimum atomic E-state index is -3.82. The Morgan fingerprint density at radius 3 is 2.58 bits per heavy atom. The molecule has 1 saturated heterocycles. The Hall–Kier alpha value is -3.16. The van der Waals surface area contributed by atoms with E-state index in [2.05, 4.69) is 15.8 Å². The molecule has 1 aromatic carbocycles. The lowest BCUT2D eigenvalue weighted by Crippen LogP contribution is -2.49. The molecule has 10 heteroatoms. The summed E-state index contributed by atoms with van der Waals surface area (Å²) in [5, 5.41) is 9.32. The molecule has 1 aliphatic carbocycles. The molecule has 2 aliphatic rings. The van der Waals surface area contributed by atoms with Gasteiger partial charge < -0.3 is 14.5 Å². The van der Waals surface area contributed by atoms with E-state index >= 15 is 0 Å². The van der Waals surface area contributed by atoms with Gasteiger partial charge in [-0.15, -0.1) is 0 Å². The summed E-state index contributed by atoms with van der Waals surface area (Å²) in [6.07, 6.45) is 5.28. The third kappa shape index (κ3) is 4.94. The molecule has 1 aliphatic heterocycles. The summed E-state index contributed by atoms with van der Waals surface area (Å²) in [6.45, 7) is 1.94. The van der Waals surface area contributed by atoms with Crippen LogP contribution in [0, 0.1) is 11.3 Å². The van der Waals surface area contributed by atoms with E-state index in [1.807, 2.05) is 4.90 Å². The van der Waals surface area contributed by atoms with Gasteiger partial charge in [0.1, 0.15) is 22.5 Å². The van der Waals surface area contributed by atoms with Crippen molar-refractivity contribution in [3.8, 4) is 11.8 Å². The van der Waals surface area contributed by atoms with E-state index in [0.717, 1.165) is 25.7 Å². The highest BCUT2D eigenvalue weighted by atomic mass is 32.2. The van der Waals surface area contributed by atoms with Gasteiger partial charge in [-0.3, -0.25) is 4.79 Å². The van der Waals surface area contributed by atoms with E-state index in [9.17, 15) is 18.5 Å². The minimum absolute atomic E-state index is 0.0199. The number of aromatic nitrogens is 1. The number of ether oxygens (including phenoxy) is 1. The number of nitriles is 1. The fourth-order valence-electron chi connectivity index (χ4n) is 4.39. The molecule has 0 radical (unpaired) electrons. The number of methoxy groups -OCH3 is 1. The summed E-state index contributed by atoms with van der Waals surface area (Å²) < 4.78 is 34.1. The predicted octanol–water partition coefficient (Wildman–Crippen LogP) is 2.15. The van der Waals surface area contributed by atoms with Crippen LogP contribution in [0.5, 0.6) is 5.75 Å². The van der Waals surface area contributed by atoms with Gasteiger partial charge >= 0.3 is 0 Å². The number of hydrogen-bond acceptors (Lipinski definition) is 7. The number of sulfonamides is 1. The topological polar surface area (TPSA) is 116 Å². The van der Waals surface area contributed by atoms with Crippen LogP contribution in [0.3, 0.4) is 0 Å². The normalized spacial score (nSPS) is 17.1. The zero-order valence-electron chi connectivity index (χ0n) is 18.5. The highest BCUT2D eigenvalue weighted by molar-refractivity contribution is 7.89. The molecule has 0 unspecified atom stereocenters. The lowest BCUT2D eigenvalue weighted by atomic mass is 10.1. The van der Waals surface area contributed by atoms with Gasteiger partial charge in [-0.25, -0.2) is 18.1 Å². The van der Waals surface area contributed by atoms with Crippen LogP contribution in [0.4, 0.5) is 5.82 Å². The van der Waals surface area contributed by atoms with Crippen molar-refractivity contribution in [3.63, 3.8) is 0 Å². The van der Waals surface area contributed by atoms with E-state index in [-0.39, 0.29) is 22.6 Å². The van der Waals surface area contributed by atoms with Gasteiger partial charge in [0, 0.05) is 44.0 Å². The summed E-state index contributed by atoms with van der Waals surface area (Å²) in [4.78, 5) is 21.1. The molecule has 1 aromatic heterocycles. The highest BCUT2D eigenvalue weighted by Crippen LogP contribution is 2.28. The molecule has 174 valence electrons. The number of nitrogens with zero attached hydrogens (tertiary/aromatic N) is 4. The summed E-state index contributed by atoms with van der Waals surface area (Å²) in [6, 6.07) is 10.0. The van der Waals surface area contributed by atoms with Gasteiger partial charge in [0.05, 0.1) is 12.7 Å². The maximum Gasteiger partial charge on any atom is 0.254 e. The fraction of sp³-hybridized carbons (Fsp3) is 0.435. The van der Waals surface area contributed by atoms with Crippen LogP contribution in [0.25, 0.3) is 0 Å². The lowest BCUT2D eigenvalue weighted by molar-refractivity contribution is 0.0746. The zero-order chi connectivity index (χ0) is 23.4. The summed E-state index contributed by atoms with van der Waals surface area (Å²) in [5.41, 5.74) is 0.795. The molecule has 2 heterocycles. The monoisotopic (exact) mass is 469 g/mol. The summed E-state index contributed by atoms with van der Waals surface area (Å²) in [5.74, 6) is 0.583. The number of nitrogens with one attached hydrogen (secondary N) is 1. The van der Waals surface area contributed by atoms with E-state index < -0.39 is 10.0 Å². The first-order valence-electron chi connectivity index (χ1n) is 11.0. The van der Waals surface area contributed by atoms with Gasteiger partial charge in [0.15, 0.2) is 0 Å². The minimum Gasteiger partial charge on any atom is -0.495 e. The Morgan fingerprint density at radius 2 is 1.91 bits per heavy atom. The van der Waals surface area contributed by atoms with Crippen molar-refractivity contribution in [2.75, 3.05) is 38.2 Å². The molecule has 2 fully saturated rings. The molecule has 0 bridgehead atoms. The zero-order valence-corrected chi connectivity index (χ0v) is 19.3. The van der Waals surface area contributed by atoms with Crippen molar-refractivity contribution in [2.45, 2.75) is 36.6 Å². The lowest BCUT2D eigenvalue weighted by Gasteiger charge is -2.35. The van der Waals surface area contributed by atoms with Gasteiger partial charge in [-0.2, -0.15) is 5.26 Å². The Morgan fingerprint density at radius 1 is 1.18 bits per heavy atom. The SMILES string of the molecule is COc1ccc(C(=O)N2CCN(c3ncccc3C#N)CC2)cc1S(=O)(=O)NC1CCCC1. The van der Waals surface area contributed by atoms with E-state index in [0.29, 0.717) is 43.1 Å². The third-order valence-electron chi connectivity index (χ3n) is 6.15. The Bertz CT molecular complexity index is 1160. The van der Waals surface area contributed by atoms with Crippen LogP contribution in [0.2, 0.25) is 0 Å². The van der Waals surface area contributed by atoms with Crippen molar-refractivity contribution in [1.82, 2.24) is 14.6 Å². The second-order valence-corrected chi connectivity index (χ2v) is 9.92. The van der Waals surface area contributed by atoms with Crippen LogP contribution in [0.1, 0.15) is 41.6 Å². The summed E-state index contributed by atoms with van der Waals surface area (Å²) in [7, 11) is -2.40. The Kier molecular flexibility index (Phi) is 6.81. The Balaban J connectivity index is 1.50. The average Bonchev–Trinajstić information content (AvgIpc) is 3.35. The van der Waals surface area contributed by atoms with Gasteiger partial charge in [0.25, 0.3) is 5.91 Å². The van der Waals surface area contributed by atoms with Crippen LogP contribution >= 0.6 is 0 Å². The number of piperazine rings is 1. The molecular formula is C23H27N5O4S. The molecule has 0 spiro atoms. The first kappa shape index (κ1) is 23.0. The summed E-state index contributed by atoms with van der Waals surface area (Å²) >= 11 is 0. The van der Waals surface area contributed by atoms with Crippen LogP contribution in [-0.2, 0) is 10.0 Å². The molecule has 1 N–H and O–H groups in total. The molecular weight excluding hydrogens is 442 g/mol. The first-order chi connectivity index (χ1) is 15.9. The molecule has 9 nitrogen and oxygen atoms in total. The van der Waals surface area contributed by atoms with E-state index in [4.69, 9.17) is 4.74 Å². The third-order valence-corrected chi connectivity index (χ3v) is 7.69. The van der Waals surface area contributed by atoms with Gasteiger partial charge in [-0.1, -0.05) is 12.8 Å². The number of amides is 1. The molecule has 2 aromatic rings. The van der Waals surface area contributed by atoms with Crippen molar-refractivity contribution in [3.05, 3.63) is 47.7 Å². The second kappa shape index (κ2) is 9.77. The highest BCUT2D eigenvalue weighted by Gasteiger charge is 2.29. The molecule has 0 atom stereocenters. The van der Waals surface area contributed by atoms with E-state index in [1.165, 1.54) is 19.2 Å². The van der Waals surface area contributed by atoms with Crippen molar-refractivity contribution in [2.24, 2.45) is 0 Å². The largest absolute Gasteiger partial charge is 0.495 e. The number of hydrogen-bond donors (Lipinski definition) is 1. The fourth-order valence-corrected chi connectivity index (χ4v) is 5.89. The molecule has 4 rings (SSSR count). The first-order valence-corrected chi connectivity index (χ1v) is 12.5. The number of carbonyl (C=O) groups is 1. The van der Waals surface area contributed by atoms with Crippen molar-refractivity contribution >= 4 is 21.7 Å². The van der Waals surface area contributed by atoms with Crippen LogP contribution < -0.4 is 14.4 Å². The molecule has 33 heavy (non-hydrogen) atoms. The van der Waals surface area contributed by atoms with Crippen LogP contribution in [0.15, 0.2) is 41.4 Å². The number of pyridine rings is 1. The standard InChI is InChI=1S/C23H27N5O4S/c1-32-20-9-8-17(15-21(20)33(30,31)26-19-6-2-3-7-19)23(29)28-13-11-27(12-14-28)22-18(16-24)5-4-10-25-22/h4-5,8-10,15,19,26H,2-3,6-7,11-14H2,1H3. The van der Waals surface area contributed by atoms with E-state index in [1.54, 1.807) is 29.3 Å². The smallest absolute Gasteiger partial charge is 0.254 e. The molecule has 1 amide bonds. The predicted molar refractivity (Wildman–Crippen MR) is 123 cm³/mol. The van der Waals surface area contributed by atoms with Crippen LogP contribution in [-0.4, -0.2) is 63.5 Å². The quantitative estimate of drug-likeness (QED) is 0.689. The van der Waals surface area contributed by atoms with Crippen molar-refractivity contribution < 1.29 is 17.9 Å². The number of anilines is 1. The maximum atomic E-state index is 13.2. The second-order valence-electron chi connectivity index (χ2n) is 8.23. The molecule has 1 saturated carbocycles. The number of benzene rings is 1. The van der Waals surface area contributed by atoms with Gasteiger partial charge in [0.2, 0.25) is 10.0 Å². The van der Waals surface area contributed by atoms with Gasteiger partial charge in [-0.05, 0) is 43.2 Å². The van der Waals surface area contributed by atoms with Crippen molar-refractivity contribution in [1.29, 1.82) is 5.26 Å². The number of rotatable bonds is 6. The average molecular weight is 470 g/mol. The Labute approximate surface area is 194 Å². The number of carbonyl (C=O) groups excluding carboxylic acids is 1.